The van der Waals surface area contributed by atoms with Gasteiger partial charge in [0.15, 0.2) is 0 Å². The lowest BCUT2D eigenvalue weighted by atomic mass is 9.92. The van der Waals surface area contributed by atoms with E-state index in [0.717, 1.165) is 5.56 Å². The van der Waals surface area contributed by atoms with Gasteiger partial charge >= 0.3 is 0 Å². The van der Waals surface area contributed by atoms with Crippen LogP contribution < -0.4 is 19.1 Å². The van der Waals surface area contributed by atoms with Gasteiger partial charge in [-0.15, -0.1) is 0 Å². The molecule has 192 valence electrons. The summed E-state index contributed by atoms with van der Waals surface area (Å²) in [6, 6.07) is 18.9. The molecular weight excluding hydrogens is 470 g/mol. The van der Waals surface area contributed by atoms with Crippen LogP contribution in [0.4, 0.5) is 5.69 Å². The average molecular weight is 502 g/mol. The van der Waals surface area contributed by atoms with Crippen molar-refractivity contribution in [3.8, 4) is 17.2 Å². The third-order valence-electron chi connectivity index (χ3n) is 6.43. The van der Waals surface area contributed by atoms with Crippen molar-refractivity contribution in [1.82, 2.24) is 0 Å². The van der Waals surface area contributed by atoms with Gasteiger partial charge < -0.3 is 19.3 Å². The van der Waals surface area contributed by atoms with Gasteiger partial charge in [-0.2, -0.15) is 0 Å². The average Bonchev–Trinajstić information content (AvgIpc) is 3.18. The summed E-state index contributed by atoms with van der Waals surface area (Å²) in [6.45, 7) is 6.51. The minimum Gasteiger partial charge on any atom is -0.506 e. The number of anilines is 1. The van der Waals surface area contributed by atoms with Crippen molar-refractivity contribution in [2.24, 2.45) is 0 Å². The number of ketones is 1. The maximum atomic E-state index is 13.6. The Balaban J connectivity index is 1.98. The van der Waals surface area contributed by atoms with Gasteiger partial charge in [0, 0.05) is 11.8 Å². The lowest BCUT2D eigenvalue weighted by Crippen LogP contribution is -2.29. The molecule has 1 unspecified atom stereocenters. The van der Waals surface area contributed by atoms with Crippen LogP contribution in [0.15, 0.2) is 72.3 Å². The number of rotatable bonds is 8. The van der Waals surface area contributed by atoms with E-state index < -0.39 is 17.7 Å². The summed E-state index contributed by atoms with van der Waals surface area (Å²) in [7, 11) is 2.93. The first kappa shape index (κ1) is 25.8. The molecule has 3 aromatic rings. The Kier molecular flexibility index (Phi) is 7.53. The number of carbonyl (C=O) groups is 2. The second kappa shape index (κ2) is 10.8. The normalized spacial score (nSPS) is 16.8. The van der Waals surface area contributed by atoms with Crippen molar-refractivity contribution in [3.63, 3.8) is 0 Å². The predicted molar refractivity (Wildman–Crippen MR) is 142 cm³/mol. The van der Waals surface area contributed by atoms with Crippen molar-refractivity contribution in [1.29, 1.82) is 0 Å². The molecule has 1 aliphatic heterocycles. The number of carbonyl (C=O) groups excluding carboxylic acids is 2. The molecule has 0 saturated carbocycles. The molecule has 7 nitrogen and oxygen atoms in total. The van der Waals surface area contributed by atoms with E-state index in [4.69, 9.17) is 14.2 Å². The fourth-order valence-electron chi connectivity index (χ4n) is 4.59. The van der Waals surface area contributed by atoms with Gasteiger partial charge in [-0.1, -0.05) is 50.2 Å². The molecule has 1 amide bonds. The highest BCUT2D eigenvalue weighted by Gasteiger charge is 2.47. The molecule has 37 heavy (non-hydrogen) atoms. The molecule has 0 aromatic heterocycles. The van der Waals surface area contributed by atoms with Crippen LogP contribution in [0.1, 0.15) is 49.4 Å². The van der Waals surface area contributed by atoms with Gasteiger partial charge in [0.2, 0.25) is 0 Å². The quantitative estimate of drug-likeness (QED) is 0.237. The van der Waals surface area contributed by atoms with Crippen molar-refractivity contribution >= 4 is 23.1 Å². The highest BCUT2D eigenvalue weighted by Crippen LogP contribution is 2.45. The van der Waals surface area contributed by atoms with Crippen molar-refractivity contribution in [2.75, 3.05) is 25.7 Å². The Hall–Kier alpha value is -4.26. The van der Waals surface area contributed by atoms with E-state index in [2.05, 4.69) is 13.8 Å². The molecule has 0 bridgehead atoms. The Bertz CT molecular complexity index is 1320. The zero-order valence-electron chi connectivity index (χ0n) is 21.6. The van der Waals surface area contributed by atoms with Crippen LogP contribution in [0, 0.1) is 0 Å². The largest absolute Gasteiger partial charge is 0.506 e. The van der Waals surface area contributed by atoms with Gasteiger partial charge in [-0.05, 0) is 48.2 Å². The van der Waals surface area contributed by atoms with E-state index in [9.17, 15) is 14.7 Å². The van der Waals surface area contributed by atoms with Gasteiger partial charge in [-0.3, -0.25) is 14.5 Å². The predicted octanol–water partition coefficient (Wildman–Crippen LogP) is 5.85. The molecule has 0 radical (unpaired) electrons. The van der Waals surface area contributed by atoms with Crippen molar-refractivity contribution in [2.45, 2.75) is 32.7 Å². The molecule has 0 aliphatic carbocycles. The number of methoxy groups -OCH3 is 2. The van der Waals surface area contributed by atoms with Crippen LogP contribution in [0.5, 0.6) is 17.2 Å². The monoisotopic (exact) mass is 501 g/mol. The third kappa shape index (κ3) is 4.77. The zero-order valence-corrected chi connectivity index (χ0v) is 21.6. The van der Waals surface area contributed by atoms with Gasteiger partial charge in [0.25, 0.3) is 11.7 Å². The maximum absolute atomic E-state index is 13.6. The molecule has 4 rings (SSSR count). The van der Waals surface area contributed by atoms with E-state index in [1.165, 1.54) is 19.1 Å². The first-order chi connectivity index (χ1) is 17.8. The second-order valence-corrected chi connectivity index (χ2v) is 8.96. The van der Waals surface area contributed by atoms with E-state index in [-0.39, 0.29) is 16.9 Å². The Morgan fingerprint density at radius 2 is 1.57 bits per heavy atom. The van der Waals surface area contributed by atoms with Gasteiger partial charge in [0.05, 0.1) is 32.4 Å². The minimum absolute atomic E-state index is 0.0492. The van der Waals surface area contributed by atoms with E-state index in [1.807, 2.05) is 31.2 Å². The summed E-state index contributed by atoms with van der Waals surface area (Å²) in [4.78, 5) is 28.5. The number of aliphatic hydroxyl groups is 1. The summed E-state index contributed by atoms with van der Waals surface area (Å²) in [5, 5.41) is 11.6. The van der Waals surface area contributed by atoms with Gasteiger partial charge in [0.1, 0.15) is 28.6 Å². The second-order valence-electron chi connectivity index (χ2n) is 8.96. The van der Waals surface area contributed by atoms with E-state index in [0.29, 0.717) is 41.0 Å². The molecule has 1 N–H and O–H groups in total. The number of hydrogen-bond donors (Lipinski definition) is 1. The SMILES string of the molecule is CCOc1cccc(N2C(=O)C(=O)/C(=C(/O)c3c(OC)cccc3OC)C2c2ccc(C(C)C)cc2)c1. The summed E-state index contributed by atoms with van der Waals surface area (Å²) >= 11 is 0. The number of hydrogen-bond acceptors (Lipinski definition) is 6. The summed E-state index contributed by atoms with van der Waals surface area (Å²) in [5.41, 5.74) is 2.44. The van der Waals surface area contributed by atoms with Crippen LogP contribution in [-0.2, 0) is 9.59 Å². The molecule has 1 heterocycles. The number of Topliss-reactive ketones (excluding diaryl/α,β-unsaturated/α-hetero) is 1. The number of ether oxygens (including phenoxy) is 3. The standard InChI is InChI=1S/C30H31NO6/c1-6-37-22-10-7-9-21(17-22)31-27(20-15-13-19(14-16-20)18(2)3)26(29(33)30(31)34)28(32)25-23(35-4)11-8-12-24(25)36-5/h7-18,27,32H,6H2,1-5H3/b28-26+. The first-order valence-electron chi connectivity index (χ1n) is 12.2. The summed E-state index contributed by atoms with van der Waals surface area (Å²) < 4.78 is 16.6. The van der Waals surface area contributed by atoms with Crippen LogP contribution >= 0.6 is 0 Å². The number of benzene rings is 3. The number of aliphatic hydroxyl groups excluding tert-OH is 1. The fourth-order valence-corrected chi connectivity index (χ4v) is 4.59. The molecule has 0 spiro atoms. The molecule has 7 heteroatoms. The maximum Gasteiger partial charge on any atom is 0.300 e. The molecular formula is C30H31NO6. The highest BCUT2D eigenvalue weighted by molar-refractivity contribution is 6.51. The zero-order chi connectivity index (χ0) is 26.7. The Labute approximate surface area is 216 Å². The van der Waals surface area contributed by atoms with Crippen molar-refractivity contribution in [3.05, 3.63) is 89.0 Å². The first-order valence-corrected chi connectivity index (χ1v) is 12.2. The summed E-state index contributed by atoms with van der Waals surface area (Å²) in [6.07, 6.45) is 0. The summed E-state index contributed by atoms with van der Waals surface area (Å²) in [5.74, 6) is -0.407. The van der Waals surface area contributed by atoms with Crippen LogP contribution in [0.3, 0.4) is 0 Å². The van der Waals surface area contributed by atoms with Crippen LogP contribution in [0.25, 0.3) is 5.76 Å². The topological polar surface area (TPSA) is 85.3 Å². The molecule has 1 saturated heterocycles. The Morgan fingerprint density at radius 1 is 0.946 bits per heavy atom. The number of amides is 1. The number of nitrogens with zero attached hydrogens (tertiary/aromatic N) is 1. The highest BCUT2D eigenvalue weighted by atomic mass is 16.5. The molecule has 1 atom stereocenters. The lowest BCUT2D eigenvalue weighted by Gasteiger charge is -2.26. The van der Waals surface area contributed by atoms with Crippen molar-refractivity contribution < 1.29 is 28.9 Å². The lowest BCUT2D eigenvalue weighted by molar-refractivity contribution is -0.132. The molecule has 1 aliphatic rings. The minimum atomic E-state index is -0.882. The molecule has 3 aromatic carbocycles. The van der Waals surface area contributed by atoms with Crippen LogP contribution in [-0.4, -0.2) is 37.6 Å². The third-order valence-corrected chi connectivity index (χ3v) is 6.43. The molecule has 1 fully saturated rings. The smallest absolute Gasteiger partial charge is 0.300 e. The Morgan fingerprint density at radius 3 is 2.14 bits per heavy atom. The van der Waals surface area contributed by atoms with Crippen LogP contribution in [0.2, 0.25) is 0 Å². The fraction of sp³-hybridized carbons (Fsp3) is 0.267. The van der Waals surface area contributed by atoms with E-state index >= 15 is 0 Å². The van der Waals surface area contributed by atoms with Gasteiger partial charge in [-0.25, -0.2) is 0 Å². The van der Waals surface area contributed by atoms with E-state index in [1.54, 1.807) is 42.5 Å².